The molecule has 0 aromatic heterocycles. The summed E-state index contributed by atoms with van der Waals surface area (Å²) in [6.45, 7) is 4.15. The molecule has 0 radical (unpaired) electrons. The first-order valence-corrected chi connectivity index (χ1v) is 5.79. The molecule has 0 heterocycles. The van der Waals surface area contributed by atoms with Gasteiger partial charge in [-0.25, -0.2) is 0 Å². The minimum Gasteiger partial charge on any atom is -0.508 e. The lowest BCUT2D eigenvalue weighted by molar-refractivity contribution is -0.142. The van der Waals surface area contributed by atoms with Crippen LogP contribution in [0.5, 0.6) is 11.5 Å². The quantitative estimate of drug-likeness (QED) is 0.622. The standard InChI is InChI=1S/C14H18O4/c1-10(2)7-8-18-14(17)6-4-11-3-5-12(15)9-13(11)16/h3,5,7,9,15-16H,4,6,8H2,1-2H3. The largest absolute Gasteiger partial charge is 0.508 e. The first-order chi connectivity index (χ1) is 8.49. The molecule has 1 rings (SSSR count). The van der Waals surface area contributed by atoms with Crippen LogP contribution in [0.1, 0.15) is 25.8 Å². The highest BCUT2D eigenvalue weighted by Gasteiger charge is 2.07. The zero-order valence-electron chi connectivity index (χ0n) is 10.6. The van der Waals surface area contributed by atoms with Crippen molar-refractivity contribution in [3.8, 4) is 11.5 Å². The number of phenolic OH excluding ortho intramolecular Hbond substituents is 2. The molecule has 1 aromatic rings. The Morgan fingerprint density at radius 3 is 2.67 bits per heavy atom. The molecule has 18 heavy (non-hydrogen) atoms. The highest BCUT2D eigenvalue weighted by atomic mass is 16.5. The Bertz CT molecular complexity index is 445. The smallest absolute Gasteiger partial charge is 0.306 e. The van der Waals surface area contributed by atoms with Gasteiger partial charge >= 0.3 is 5.97 Å². The van der Waals surface area contributed by atoms with E-state index in [9.17, 15) is 9.90 Å². The maximum absolute atomic E-state index is 11.4. The van der Waals surface area contributed by atoms with E-state index in [0.717, 1.165) is 5.57 Å². The SMILES string of the molecule is CC(C)=CCOC(=O)CCc1ccc(O)cc1O. The number of phenols is 2. The molecule has 0 saturated carbocycles. The molecule has 4 heteroatoms. The third-order valence-corrected chi connectivity index (χ3v) is 2.40. The van der Waals surface area contributed by atoms with Gasteiger partial charge in [0.15, 0.2) is 0 Å². The topological polar surface area (TPSA) is 66.8 Å². The van der Waals surface area contributed by atoms with Crippen molar-refractivity contribution in [3.05, 3.63) is 35.4 Å². The van der Waals surface area contributed by atoms with Crippen molar-refractivity contribution in [3.63, 3.8) is 0 Å². The summed E-state index contributed by atoms with van der Waals surface area (Å²) in [7, 11) is 0. The van der Waals surface area contributed by atoms with Crippen LogP contribution < -0.4 is 0 Å². The number of hydrogen-bond donors (Lipinski definition) is 2. The summed E-state index contributed by atoms with van der Waals surface area (Å²) in [6.07, 6.45) is 2.42. The minimum absolute atomic E-state index is 0.00221. The Labute approximate surface area is 107 Å². The second-order valence-electron chi connectivity index (χ2n) is 4.28. The zero-order valence-corrected chi connectivity index (χ0v) is 10.6. The Morgan fingerprint density at radius 1 is 1.33 bits per heavy atom. The third kappa shape index (κ3) is 4.91. The van der Waals surface area contributed by atoms with Gasteiger partial charge < -0.3 is 14.9 Å². The Hall–Kier alpha value is -1.97. The Balaban J connectivity index is 2.40. The number of hydrogen-bond acceptors (Lipinski definition) is 4. The first-order valence-electron chi connectivity index (χ1n) is 5.79. The van der Waals surface area contributed by atoms with Crippen LogP contribution in [0.3, 0.4) is 0 Å². The summed E-state index contributed by atoms with van der Waals surface area (Å²) in [4.78, 5) is 11.4. The minimum atomic E-state index is -0.306. The number of allylic oxidation sites excluding steroid dienone is 1. The van der Waals surface area contributed by atoms with Crippen molar-refractivity contribution in [2.45, 2.75) is 26.7 Å². The third-order valence-electron chi connectivity index (χ3n) is 2.40. The molecule has 0 atom stereocenters. The molecule has 0 fully saturated rings. The molecule has 98 valence electrons. The van der Waals surface area contributed by atoms with Crippen LogP contribution in [0.4, 0.5) is 0 Å². The normalized spacial score (nSPS) is 9.89. The van der Waals surface area contributed by atoms with Gasteiger partial charge in [0.25, 0.3) is 0 Å². The molecule has 4 nitrogen and oxygen atoms in total. The predicted molar refractivity (Wildman–Crippen MR) is 68.5 cm³/mol. The Morgan fingerprint density at radius 2 is 2.06 bits per heavy atom. The molecule has 0 unspecified atom stereocenters. The second-order valence-corrected chi connectivity index (χ2v) is 4.28. The highest BCUT2D eigenvalue weighted by Crippen LogP contribution is 2.23. The van der Waals surface area contributed by atoms with E-state index in [1.165, 1.54) is 12.1 Å². The zero-order chi connectivity index (χ0) is 13.5. The van der Waals surface area contributed by atoms with Crippen molar-refractivity contribution >= 4 is 5.97 Å². The molecule has 0 aliphatic rings. The van der Waals surface area contributed by atoms with E-state index in [1.807, 2.05) is 19.9 Å². The van der Waals surface area contributed by atoms with Crippen molar-refractivity contribution in [1.82, 2.24) is 0 Å². The monoisotopic (exact) mass is 250 g/mol. The Kier molecular flexibility index (Phi) is 5.24. The summed E-state index contributed by atoms with van der Waals surface area (Å²) in [5.74, 6) is -0.311. The lowest BCUT2D eigenvalue weighted by Gasteiger charge is -2.05. The number of rotatable bonds is 5. The van der Waals surface area contributed by atoms with Crippen molar-refractivity contribution < 1.29 is 19.7 Å². The van der Waals surface area contributed by atoms with Crippen molar-refractivity contribution in [2.24, 2.45) is 0 Å². The molecular formula is C14H18O4. The molecule has 0 bridgehead atoms. The van der Waals surface area contributed by atoms with Gasteiger partial charge in [-0.05, 0) is 38.0 Å². The van der Waals surface area contributed by atoms with Gasteiger partial charge in [-0.2, -0.15) is 0 Å². The van der Waals surface area contributed by atoms with E-state index in [2.05, 4.69) is 0 Å². The predicted octanol–water partition coefficient (Wildman–Crippen LogP) is 2.54. The lowest BCUT2D eigenvalue weighted by atomic mass is 10.1. The van der Waals surface area contributed by atoms with Gasteiger partial charge in [0, 0.05) is 12.5 Å². The molecule has 0 aliphatic carbocycles. The number of esters is 1. The average Bonchev–Trinajstić information content (AvgIpc) is 2.27. The van der Waals surface area contributed by atoms with Crippen molar-refractivity contribution in [2.75, 3.05) is 6.61 Å². The molecule has 0 amide bonds. The second kappa shape index (κ2) is 6.69. The van der Waals surface area contributed by atoms with E-state index < -0.39 is 0 Å². The number of aryl methyl sites for hydroxylation is 1. The van der Waals surface area contributed by atoms with Crippen LogP contribution in [0.15, 0.2) is 29.8 Å². The highest BCUT2D eigenvalue weighted by molar-refractivity contribution is 5.70. The van der Waals surface area contributed by atoms with Gasteiger partial charge in [0.1, 0.15) is 18.1 Å². The number of carbonyl (C=O) groups is 1. The summed E-state index contributed by atoms with van der Waals surface area (Å²) in [6, 6.07) is 4.32. The molecule has 0 aliphatic heterocycles. The van der Waals surface area contributed by atoms with Gasteiger partial charge in [0.05, 0.1) is 0 Å². The van der Waals surface area contributed by atoms with Crippen molar-refractivity contribution in [1.29, 1.82) is 0 Å². The van der Waals surface area contributed by atoms with Crippen LogP contribution in [0, 0.1) is 0 Å². The van der Waals surface area contributed by atoms with Gasteiger partial charge in [-0.1, -0.05) is 11.6 Å². The number of carbonyl (C=O) groups excluding carboxylic acids is 1. The number of aromatic hydroxyl groups is 2. The first kappa shape index (κ1) is 14.1. The van der Waals surface area contributed by atoms with Gasteiger partial charge in [0.2, 0.25) is 0 Å². The summed E-state index contributed by atoms with van der Waals surface area (Å²) in [5.41, 5.74) is 1.71. The van der Waals surface area contributed by atoms with Gasteiger partial charge in [-0.15, -0.1) is 0 Å². The fourth-order valence-electron chi connectivity index (χ4n) is 1.37. The summed E-state index contributed by atoms with van der Waals surface area (Å²) in [5, 5.41) is 18.7. The van der Waals surface area contributed by atoms with E-state index in [-0.39, 0.29) is 30.5 Å². The van der Waals surface area contributed by atoms with Crippen LogP contribution in [0.2, 0.25) is 0 Å². The lowest BCUT2D eigenvalue weighted by Crippen LogP contribution is -2.06. The number of ether oxygens (including phenoxy) is 1. The van der Waals surface area contributed by atoms with Crippen LogP contribution in [-0.2, 0) is 16.0 Å². The fraction of sp³-hybridized carbons (Fsp3) is 0.357. The van der Waals surface area contributed by atoms with Crippen LogP contribution >= 0.6 is 0 Å². The van der Waals surface area contributed by atoms with E-state index in [4.69, 9.17) is 9.84 Å². The molecule has 0 spiro atoms. The average molecular weight is 250 g/mol. The molecule has 0 saturated heterocycles. The fourth-order valence-corrected chi connectivity index (χ4v) is 1.37. The van der Waals surface area contributed by atoms with E-state index in [1.54, 1.807) is 6.07 Å². The maximum atomic E-state index is 11.4. The molecule has 1 aromatic carbocycles. The van der Waals surface area contributed by atoms with Crippen LogP contribution in [-0.4, -0.2) is 22.8 Å². The molecule has 2 N–H and O–H groups in total. The number of benzene rings is 1. The maximum Gasteiger partial charge on any atom is 0.306 e. The van der Waals surface area contributed by atoms with Crippen LogP contribution in [0.25, 0.3) is 0 Å². The van der Waals surface area contributed by atoms with E-state index >= 15 is 0 Å². The summed E-state index contributed by atoms with van der Waals surface area (Å²) >= 11 is 0. The van der Waals surface area contributed by atoms with E-state index in [0.29, 0.717) is 12.0 Å². The van der Waals surface area contributed by atoms with Gasteiger partial charge in [-0.3, -0.25) is 4.79 Å². The molecular weight excluding hydrogens is 232 g/mol. The summed E-state index contributed by atoms with van der Waals surface area (Å²) < 4.78 is 4.99.